The molecule has 1 fully saturated rings. The van der Waals surface area contributed by atoms with Crippen LogP contribution in [0.1, 0.15) is 22.7 Å². The number of hydrogen-bond acceptors (Lipinski definition) is 7. The van der Waals surface area contributed by atoms with Gasteiger partial charge in [-0.15, -0.1) is 0 Å². The van der Waals surface area contributed by atoms with Crippen LogP contribution in [0.5, 0.6) is 11.5 Å². The lowest BCUT2D eigenvalue weighted by molar-refractivity contribution is -0.143. The number of amides is 2. The molecule has 4 aromatic carbocycles. The molecule has 1 aliphatic rings. The molecule has 1 N–H and O–H groups in total. The van der Waals surface area contributed by atoms with Crippen LogP contribution < -0.4 is 14.8 Å². The van der Waals surface area contributed by atoms with E-state index in [1.165, 1.54) is 33.5 Å². The lowest BCUT2D eigenvalue weighted by atomic mass is 10.0. The number of nitrogens with zero attached hydrogens (tertiary/aromatic N) is 2. The van der Waals surface area contributed by atoms with Gasteiger partial charge in [-0.3, -0.25) is 9.59 Å². The minimum absolute atomic E-state index is 0.0992. The van der Waals surface area contributed by atoms with Gasteiger partial charge >= 0.3 is 0 Å². The lowest BCUT2D eigenvalue weighted by Crippen LogP contribution is -2.45. The predicted molar refractivity (Wildman–Crippen MR) is 178 cm³/mol. The summed E-state index contributed by atoms with van der Waals surface area (Å²) in [7, 11) is -2.11. The van der Waals surface area contributed by atoms with E-state index in [2.05, 4.69) is 5.32 Å². The van der Waals surface area contributed by atoms with Crippen molar-refractivity contribution in [3.05, 3.63) is 125 Å². The van der Waals surface area contributed by atoms with Crippen LogP contribution in [-0.4, -0.2) is 69.5 Å². The SMILES string of the molecule is COc1ccc(CN(C(=O)COc2ccc(S(=O)(=O)N3CCOCC3)cc2)[C@H](C(=O)NCc2ccccc2Cl)c2ccccc2)cc1. The average Bonchev–Trinajstić information content (AvgIpc) is 3.11. The summed E-state index contributed by atoms with van der Waals surface area (Å²) in [5.74, 6) is 0.123. The van der Waals surface area contributed by atoms with E-state index >= 15 is 0 Å². The lowest BCUT2D eigenvalue weighted by Gasteiger charge is -2.31. The molecule has 1 heterocycles. The molecule has 1 aliphatic heterocycles. The van der Waals surface area contributed by atoms with E-state index in [1.807, 2.05) is 48.5 Å². The van der Waals surface area contributed by atoms with Gasteiger partial charge in [0.1, 0.15) is 17.5 Å². The Morgan fingerprint density at radius 1 is 0.894 bits per heavy atom. The Morgan fingerprint density at radius 3 is 2.19 bits per heavy atom. The van der Waals surface area contributed by atoms with Gasteiger partial charge in [-0.2, -0.15) is 4.31 Å². The van der Waals surface area contributed by atoms with Crippen LogP contribution in [-0.2, 0) is 37.4 Å². The molecule has 5 rings (SSSR count). The van der Waals surface area contributed by atoms with E-state index < -0.39 is 34.5 Å². The summed E-state index contributed by atoms with van der Waals surface area (Å²) in [6.07, 6.45) is 0. The summed E-state index contributed by atoms with van der Waals surface area (Å²) < 4.78 is 43.8. The van der Waals surface area contributed by atoms with E-state index in [-0.39, 0.29) is 31.1 Å². The van der Waals surface area contributed by atoms with Gasteiger partial charge in [-0.25, -0.2) is 8.42 Å². The second-order valence-electron chi connectivity index (χ2n) is 10.8. The summed E-state index contributed by atoms with van der Waals surface area (Å²) in [4.78, 5) is 29.5. The van der Waals surface area contributed by atoms with Crippen LogP contribution in [0.3, 0.4) is 0 Å². The third-order valence-corrected chi connectivity index (χ3v) is 9.99. The molecule has 0 saturated carbocycles. The highest BCUT2D eigenvalue weighted by molar-refractivity contribution is 7.89. The van der Waals surface area contributed by atoms with Gasteiger partial charge in [0.25, 0.3) is 5.91 Å². The molecule has 1 saturated heterocycles. The Morgan fingerprint density at radius 2 is 1.53 bits per heavy atom. The molecule has 0 bridgehead atoms. The number of carbonyl (C=O) groups excluding carboxylic acids is 2. The third-order valence-electron chi connectivity index (χ3n) is 7.71. The molecule has 10 nitrogen and oxygen atoms in total. The molecule has 12 heteroatoms. The first kappa shape index (κ1) is 33.9. The van der Waals surface area contributed by atoms with Crippen molar-refractivity contribution in [2.45, 2.75) is 24.0 Å². The molecule has 0 unspecified atom stereocenters. The Labute approximate surface area is 279 Å². The first-order valence-electron chi connectivity index (χ1n) is 15.1. The molecule has 47 heavy (non-hydrogen) atoms. The predicted octanol–water partition coefficient (Wildman–Crippen LogP) is 4.83. The standard InChI is InChI=1S/C35H36ClN3O7S/c1-44-29-13-11-26(12-14-29)24-39(34(27-7-3-2-4-8-27)35(41)37-23-28-9-5-6-10-32(28)36)33(40)25-46-30-15-17-31(18-16-30)47(42,43)38-19-21-45-22-20-38/h2-18,34H,19-25H2,1H3,(H,37,41)/t34-/m0/s1. The first-order valence-corrected chi connectivity index (χ1v) is 16.9. The van der Waals surface area contributed by atoms with E-state index in [0.717, 1.165) is 11.1 Å². The summed E-state index contributed by atoms with van der Waals surface area (Å²) in [6.45, 7) is 1.13. The van der Waals surface area contributed by atoms with E-state index in [0.29, 0.717) is 35.3 Å². The normalized spacial score (nSPS) is 14.2. The van der Waals surface area contributed by atoms with Crippen molar-refractivity contribution in [3.8, 4) is 11.5 Å². The maximum atomic E-state index is 14.0. The summed E-state index contributed by atoms with van der Waals surface area (Å²) in [5.41, 5.74) is 2.13. The summed E-state index contributed by atoms with van der Waals surface area (Å²) in [5, 5.41) is 3.47. The Bertz CT molecular complexity index is 1750. The van der Waals surface area contributed by atoms with Crippen molar-refractivity contribution in [1.29, 1.82) is 0 Å². The molecular weight excluding hydrogens is 642 g/mol. The molecular formula is C35H36ClN3O7S. The van der Waals surface area contributed by atoms with Crippen molar-refractivity contribution in [2.24, 2.45) is 0 Å². The molecule has 2 amide bonds. The van der Waals surface area contributed by atoms with Crippen LogP contribution in [0, 0.1) is 0 Å². The van der Waals surface area contributed by atoms with Gasteiger partial charge in [-0.05, 0) is 59.2 Å². The van der Waals surface area contributed by atoms with Gasteiger partial charge in [0.15, 0.2) is 6.61 Å². The molecule has 0 aliphatic carbocycles. The van der Waals surface area contributed by atoms with Crippen LogP contribution >= 0.6 is 11.6 Å². The number of rotatable bonds is 13. The summed E-state index contributed by atoms with van der Waals surface area (Å²) in [6, 6.07) is 28.4. The minimum atomic E-state index is -3.68. The zero-order valence-corrected chi connectivity index (χ0v) is 27.5. The van der Waals surface area contributed by atoms with Gasteiger partial charge in [0.2, 0.25) is 15.9 Å². The fraction of sp³-hybridized carbons (Fsp3) is 0.257. The number of benzene rings is 4. The van der Waals surface area contributed by atoms with Crippen LogP contribution in [0.4, 0.5) is 0 Å². The van der Waals surface area contributed by atoms with E-state index in [4.69, 9.17) is 25.8 Å². The third kappa shape index (κ3) is 8.69. The number of ether oxygens (including phenoxy) is 3. The number of carbonyl (C=O) groups is 2. The van der Waals surface area contributed by atoms with E-state index in [1.54, 1.807) is 37.4 Å². The Hall–Kier alpha value is -4.42. The maximum absolute atomic E-state index is 14.0. The van der Waals surface area contributed by atoms with Gasteiger partial charge in [0.05, 0.1) is 25.2 Å². The molecule has 246 valence electrons. The smallest absolute Gasteiger partial charge is 0.261 e. The molecule has 0 aromatic heterocycles. The number of morpholine rings is 1. The minimum Gasteiger partial charge on any atom is -0.497 e. The molecule has 0 spiro atoms. The monoisotopic (exact) mass is 677 g/mol. The van der Waals surface area contributed by atoms with Gasteiger partial charge in [-0.1, -0.05) is 72.3 Å². The molecule has 4 aromatic rings. The fourth-order valence-electron chi connectivity index (χ4n) is 5.15. The maximum Gasteiger partial charge on any atom is 0.261 e. The fourth-order valence-corrected chi connectivity index (χ4v) is 6.76. The number of methoxy groups -OCH3 is 1. The highest BCUT2D eigenvalue weighted by Gasteiger charge is 2.32. The number of nitrogens with one attached hydrogen (secondary N) is 1. The Kier molecular flexibility index (Phi) is 11.5. The average molecular weight is 678 g/mol. The largest absolute Gasteiger partial charge is 0.497 e. The van der Waals surface area contributed by atoms with Crippen LogP contribution in [0.2, 0.25) is 5.02 Å². The summed E-state index contributed by atoms with van der Waals surface area (Å²) >= 11 is 6.34. The van der Waals surface area contributed by atoms with Crippen molar-refractivity contribution < 1.29 is 32.2 Å². The van der Waals surface area contributed by atoms with Crippen molar-refractivity contribution in [2.75, 3.05) is 40.0 Å². The van der Waals surface area contributed by atoms with Crippen LogP contribution in [0.25, 0.3) is 0 Å². The van der Waals surface area contributed by atoms with Crippen molar-refractivity contribution in [1.82, 2.24) is 14.5 Å². The molecule has 0 radical (unpaired) electrons. The highest BCUT2D eigenvalue weighted by Crippen LogP contribution is 2.26. The Balaban J connectivity index is 1.38. The van der Waals surface area contributed by atoms with Crippen molar-refractivity contribution >= 4 is 33.4 Å². The van der Waals surface area contributed by atoms with Crippen LogP contribution in [0.15, 0.2) is 108 Å². The van der Waals surface area contributed by atoms with E-state index in [9.17, 15) is 18.0 Å². The topological polar surface area (TPSA) is 114 Å². The highest BCUT2D eigenvalue weighted by atomic mass is 35.5. The second-order valence-corrected chi connectivity index (χ2v) is 13.1. The first-order chi connectivity index (χ1) is 22.8. The van der Waals surface area contributed by atoms with Gasteiger partial charge in [0, 0.05) is 31.2 Å². The second kappa shape index (κ2) is 15.9. The quantitative estimate of drug-likeness (QED) is 0.216. The zero-order chi connectivity index (χ0) is 33.2. The van der Waals surface area contributed by atoms with Crippen molar-refractivity contribution in [3.63, 3.8) is 0 Å². The van der Waals surface area contributed by atoms with Gasteiger partial charge < -0.3 is 24.4 Å². The number of hydrogen-bond donors (Lipinski definition) is 1. The number of halogens is 1. The molecule has 1 atom stereocenters. The zero-order valence-electron chi connectivity index (χ0n) is 25.9. The number of sulfonamides is 1.